The molecule has 1 aliphatic rings. The summed E-state index contributed by atoms with van der Waals surface area (Å²) in [6.07, 6.45) is 1.20. The van der Waals surface area contributed by atoms with E-state index in [1.807, 2.05) is 29.2 Å². The molecule has 6 nitrogen and oxygen atoms in total. The van der Waals surface area contributed by atoms with Gasteiger partial charge < -0.3 is 15.0 Å². The zero-order chi connectivity index (χ0) is 20.2. The maximum Gasteiger partial charge on any atom is 0.270 e. The molecule has 1 aliphatic heterocycles. The number of methoxy groups -OCH3 is 1. The lowest BCUT2D eigenvalue weighted by molar-refractivity contribution is -0.131. The number of benzene rings is 1. The average molecular weight is 428 g/mol. The molecule has 1 N–H and O–H groups in total. The predicted octanol–water partition coefficient (Wildman–Crippen LogP) is 3.59. The van der Waals surface area contributed by atoms with Crippen molar-refractivity contribution >= 4 is 34.5 Å². The van der Waals surface area contributed by atoms with Crippen LogP contribution in [0.5, 0.6) is 5.75 Å². The maximum atomic E-state index is 12.5. The molecule has 0 atom stereocenters. The molecule has 0 unspecified atom stereocenters. The van der Waals surface area contributed by atoms with Gasteiger partial charge in [-0.3, -0.25) is 9.59 Å². The molecule has 0 saturated carbocycles. The molecule has 3 heterocycles. The molecule has 0 spiro atoms. The Kier molecular flexibility index (Phi) is 5.92. The monoisotopic (exact) mass is 427 g/mol. The summed E-state index contributed by atoms with van der Waals surface area (Å²) in [6, 6.07) is 9.66. The van der Waals surface area contributed by atoms with E-state index in [2.05, 4.69) is 21.7 Å². The van der Waals surface area contributed by atoms with Gasteiger partial charge in [-0.2, -0.15) is 0 Å². The van der Waals surface area contributed by atoms with E-state index in [1.54, 1.807) is 23.8 Å². The van der Waals surface area contributed by atoms with Crippen molar-refractivity contribution in [2.75, 3.05) is 20.2 Å². The van der Waals surface area contributed by atoms with E-state index >= 15 is 0 Å². The highest BCUT2D eigenvalue weighted by Gasteiger charge is 2.21. The first kappa shape index (κ1) is 19.6. The van der Waals surface area contributed by atoms with Gasteiger partial charge in [-0.15, -0.1) is 22.7 Å². The maximum absolute atomic E-state index is 12.5. The number of nitrogens with one attached hydrogen (secondary N) is 1. The number of ether oxygens (including phenoxy) is 1. The first-order valence-electron chi connectivity index (χ1n) is 9.36. The Morgan fingerprint density at radius 2 is 2.10 bits per heavy atom. The second kappa shape index (κ2) is 8.75. The van der Waals surface area contributed by atoms with Crippen LogP contribution in [-0.4, -0.2) is 41.9 Å². The third-order valence-electron chi connectivity index (χ3n) is 4.86. The largest absolute Gasteiger partial charge is 0.496 e. The number of aromatic nitrogens is 1. The van der Waals surface area contributed by atoms with E-state index in [0.717, 1.165) is 29.3 Å². The Hall–Kier alpha value is -2.71. The number of amides is 2. The number of thiophene rings is 1. The first-order valence-corrected chi connectivity index (χ1v) is 11.1. The summed E-state index contributed by atoms with van der Waals surface area (Å²) in [5, 5.41) is 7.33. The molecule has 0 saturated heterocycles. The summed E-state index contributed by atoms with van der Waals surface area (Å²) in [4.78, 5) is 32.5. The Labute approximate surface area is 177 Å². The van der Waals surface area contributed by atoms with Gasteiger partial charge in [0.25, 0.3) is 5.91 Å². The fourth-order valence-corrected chi connectivity index (χ4v) is 5.04. The van der Waals surface area contributed by atoms with Crippen LogP contribution in [0.2, 0.25) is 0 Å². The summed E-state index contributed by atoms with van der Waals surface area (Å²) in [5.74, 6) is 0.513. The van der Waals surface area contributed by atoms with E-state index in [1.165, 1.54) is 21.8 Å². The van der Waals surface area contributed by atoms with Gasteiger partial charge in [0.05, 0.1) is 12.7 Å². The van der Waals surface area contributed by atoms with Crippen LogP contribution in [0.3, 0.4) is 0 Å². The minimum absolute atomic E-state index is 0.0649. The third kappa shape index (κ3) is 4.33. The number of hydrogen-bond acceptors (Lipinski definition) is 6. The zero-order valence-electron chi connectivity index (χ0n) is 16.0. The topological polar surface area (TPSA) is 71.5 Å². The van der Waals surface area contributed by atoms with Crippen molar-refractivity contribution in [2.45, 2.75) is 19.4 Å². The fraction of sp³-hybridized carbons (Fsp3) is 0.286. The quantitative estimate of drug-likeness (QED) is 0.653. The fourth-order valence-electron chi connectivity index (χ4n) is 3.32. The normalized spacial score (nSPS) is 13.1. The molecular weight excluding hydrogens is 406 g/mol. The van der Waals surface area contributed by atoms with E-state index < -0.39 is 0 Å². The minimum atomic E-state index is -0.269. The standard InChI is InChI=1S/C21H21N3O3S2/c1-27-17-5-3-2-4-15(17)21-23-16(13-29-21)20(26)22-9-6-19(25)24-10-7-18-14(12-24)8-11-28-18/h2-5,8,11,13H,6-7,9-10,12H2,1H3,(H,22,26). The molecule has 150 valence electrons. The molecule has 0 aliphatic carbocycles. The van der Waals surface area contributed by atoms with Crippen LogP contribution in [0.15, 0.2) is 41.1 Å². The summed E-state index contributed by atoms with van der Waals surface area (Å²) < 4.78 is 5.36. The molecule has 1 aromatic carbocycles. The lowest BCUT2D eigenvalue weighted by atomic mass is 10.1. The smallest absolute Gasteiger partial charge is 0.270 e. The van der Waals surface area contributed by atoms with Gasteiger partial charge in [-0.05, 0) is 35.6 Å². The highest BCUT2D eigenvalue weighted by Crippen LogP contribution is 2.31. The summed E-state index contributed by atoms with van der Waals surface area (Å²) in [5.41, 5.74) is 2.45. The molecule has 3 aromatic rings. The minimum Gasteiger partial charge on any atom is -0.496 e. The second-order valence-electron chi connectivity index (χ2n) is 6.68. The SMILES string of the molecule is COc1ccccc1-c1nc(C(=O)NCCC(=O)N2CCc3sccc3C2)cs1. The van der Waals surface area contributed by atoms with Gasteiger partial charge in [0.2, 0.25) is 5.91 Å². The Bertz CT molecular complexity index is 1030. The molecule has 29 heavy (non-hydrogen) atoms. The Morgan fingerprint density at radius 3 is 2.97 bits per heavy atom. The van der Waals surface area contributed by atoms with Crippen LogP contribution >= 0.6 is 22.7 Å². The van der Waals surface area contributed by atoms with Crippen molar-refractivity contribution in [3.63, 3.8) is 0 Å². The number of thiazole rings is 1. The van der Waals surface area contributed by atoms with Crippen LogP contribution in [-0.2, 0) is 17.8 Å². The molecule has 0 fully saturated rings. The summed E-state index contributed by atoms with van der Waals surface area (Å²) in [7, 11) is 1.61. The lowest BCUT2D eigenvalue weighted by Gasteiger charge is -2.27. The van der Waals surface area contributed by atoms with Crippen molar-refractivity contribution in [3.8, 4) is 16.3 Å². The molecule has 2 aromatic heterocycles. The van der Waals surface area contributed by atoms with Crippen molar-refractivity contribution in [2.24, 2.45) is 0 Å². The van der Waals surface area contributed by atoms with E-state index in [4.69, 9.17) is 4.74 Å². The number of nitrogens with zero attached hydrogens (tertiary/aromatic N) is 2. The van der Waals surface area contributed by atoms with Crippen LogP contribution < -0.4 is 10.1 Å². The molecule has 4 rings (SSSR count). The van der Waals surface area contributed by atoms with Crippen molar-refractivity contribution in [3.05, 3.63) is 57.2 Å². The summed E-state index contributed by atoms with van der Waals surface area (Å²) in [6.45, 7) is 1.71. The molecule has 0 bridgehead atoms. The molecule has 2 amide bonds. The van der Waals surface area contributed by atoms with Gasteiger partial charge in [0.15, 0.2) is 0 Å². The average Bonchev–Trinajstić information content (AvgIpc) is 3.42. The van der Waals surface area contributed by atoms with Gasteiger partial charge in [-0.25, -0.2) is 4.98 Å². The predicted molar refractivity (Wildman–Crippen MR) is 114 cm³/mol. The molecule has 8 heteroatoms. The highest BCUT2D eigenvalue weighted by molar-refractivity contribution is 7.13. The number of para-hydroxylation sites is 1. The number of carbonyl (C=O) groups excluding carboxylic acids is 2. The number of fused-ring (bicyclic) bond motifs is 1. The van der Waals surface area contributed by atoms with Crippen molar-refractivity contribution < 1.29 is 14.3 Å². The molecular formula is C21H21N3O3S2. The zero-order valence-corrected chi connectivity index (χ0v) is 17.6. The van der Waals surface area contributed by atoms with E-state index in [0.29, 0.717) is 18.8 Å². The van der Waals surface area contributed by atoms with Crippen LogP contribution in [0.4, 0.5) is 0 Å². The van der Waals surface area contributed by atoms with E-state index in [9.17, 15) is 9.59 Å². The number of carbonyl (C=O) groups is 2. The number of hydrogen-bond donors (Lipinski definition) is 1. The first-order chi connectivity index (χ1) is 14.2. The summed E-state index contributed by atoms with van der Waals surface area (Å²) >= 11 is 3.14. The van der Waals surface area contributed by atoms with Crippen molar-refractivity contribution in [1.29, 1.82) is 0 Å². The van der Waals surface area contributed by atoms with Crippen LogP contribution in [0.25, 0.3) is 10.6 Å². The Balaban J connectivity index is 1.30. The Morgan fingerprint density at radius 1 is 1.24 bits per heavy atom. The third-order valence-corrected chi connectivity index (χ3v) is 6.76. The van der Waals surface area contributed by atoms with Gasteiger partial charge in [-0.1, -0.05) is 12.1 Å². The number of rotatable bonds is 6. The van der Waals surface area contributed by atoms with Gasteiger partial charge in [0.1, 0.15) is 16.5 Å². The highest BCUT2D eigenvalue weighted by atomic mass is 32.1. The second-order valence-corrected chi connectivity index (χ2v) is 8.54. The van der Waals surface area contributed by atoms with Gasteiger partial charge in [0, 0.05) is 36.3 Å². The van der Waals surface area contributed by atoms with E-state index in [-0.39, 0.29) is 18.2 Å². The van der Waals surface area contributed by atoms with Crippen molar-refractivity contribution in [1.82, 2.24) is 15.2 Å². The lowest BCUT2D eigenvalue weighted by Crippen LogP contribution is -2.37. The molecule has 0 radical (unpaired) electrons. The van der Waals surface area contributed by atoms with Crippen LogP contribution in [0.1, 0.15) is 27.3 Å². The van der Waals surface area contributed by atoms with Crippen LogP contribution in [0, 0.1) is 0 Å². The van der Waals surface area contributed by atoms with Gasteiger partial charge >= 0.3 is 0 Å².